The number of carboxylic acid groups (broad SMARTS) is 1. The molecule has 90 valence electrons. The Hall–Kier alpha value is -0.940. The summed E-state index contributed by atoms with van der Waals surface area (Å²) in [5.41, 5.74) is 1.51. The molecule has 1 aromatic rings. The summed E-state index contributed by atoms with van der Waals surface area (Å²) in [5, 5.41) is 8.55. The lowest BCUT2D eigenvalue weighted by Gasteiger charge is -2.08. The fourth-order valence-electron chi connectivity index (χ4n) is 1.28. The van der Waals surface area contributed by atoms with Gasteiger partial charge in [0, 0.05) is 10.5 Å². The van der Waals surface area contributed by atoms with Gasteiger partial charge in [0.25, 0.3) is 0 Å². The number of rotatable bonds is 4. The lowest BCUT2D eigenvalue weighted by atomic mass is 10.1. The predicted molar refractivity (Wildman–Crippen MR) is 73.2 cm³/mol. The van der Waals surface area contributed by atoms with Gasteiger partial charge in [-0.25, -0.2) is 4.79 Å². The Labute approximate surface area is 116 Å². The number of Topliss-reactive ketones (excluding diaryl/α,β-unsaturated/α-hetero) is 1. The third kappa shape index (κ3) is 4.44. The molecule has 1 atom stereocenters. The normalized spacial score (nSPS) is 12.6. The van der Waals surface area contributed by atoms with Crippen LogP contribution in [-0.4, -0.2) is 16.9 Å². The average molecular weight is 362 g/mol. The average Bonchev–Trinajstić information content (AvgIpc) is 2.24. The predicted octanol–water partition coefficient (Wildman–Crippen LogP) is 3.57. The van der Waals surface area contributed by atoms with E-state index < -0.39 is 5.97 Å². The first-order valence-corrected chi connectivity index (χ1v) is 6.47. The number of alkyl halides is 1. The molecular weight excluding hydrogens is 352 g/mol. The van der Waals surface area contributed by atoms with E-state index in [2.05, 4.69) is 31.9 Å². The van der Waals surface area contributed by atoms with Crippen LogP contribution in [0, 0.1) is 0 Å². The molecule has 0 aliphatic carbocycles. The van der Waals surface area contributed by atoms with Crippen molar-refractivity contribution in [2.75, 3.05) is 0 Å². The van der Waals surface area contributed by atoms with E-state index in [4.69, 9.17) is 5.11 Å². The number of carboxylic acids is 1. The third-order valence-electron chi connectivity index (χ3n) is 2.01. The molecule has 3 nitrogen and oxygen atoms in total. The standard InChI is InChI=1S/C12H10Br2O3/c1-7(15)12(14)9-4-8(2-3-11(16)17)5-10(13)6-9/h2-6,12H,1H3,(H,16,17)/b3-2+. The lowest BCUT2D eigenvalue weighted by Crippen LogP contribution is -2.01. The highest BCUT2D eigenvalue weighted by atomic mass is 79.9. The van der Waals surface area contributed by atoms with Crippen LogP contribution in [-0.2, 0) is 9.59 Å². The van der Waals surface area contributed by atoms with Crippen molar-refractivity contribution in [3.8, 4) is 0 Å². The number of aliphatic carboxylic acids is 1. The lowest BCUT2D eigenvalue weighted by molar-refractivity contribution is -0.131. The van der Waals surface area contributed by atoms with Gasteiger partial charge in [0.2, 0.25) is 0 Å². The van der Waals surface area contributed by atoms with Crippen LogP contribution < -0.4 is 0 Å². The number of hydrogen-bond acceptors (Lipinski definition) is 2. The molecule has 0 heterocycles. The van der Waals surface area contributed by atoms with Gasteiger partial charge < -0.3 is 5.11 Å². The Balaban J connectivity index is 3.10. The summed E-state index contributed by atoms with van der Waals surface area (Å²) in [6.07, 6.45) is 2.54. The monoisotopic (exact) mass is 360 g/mol. The van der Waals surface area contributed by atoms with Crippen LogP contribution in [0.25, 0.3) is 6.08 Å². The van der Waals surface area contributed by atoms with Crippen LogP contribution >= 0.6 is 31.9 Å². The number of benzene rings is 1. The Morgan fingerprint density at radius 1 is 1.35 bits per heavy atom. The van der Waals surface area contributed by atoms with Gasteiger partial charge in [0.1, 0.15) is 5.78 Å². The maximum Gasteiger partial charge on any atom is 0.328 e. The summed E-state index contributed by atoms with van der Waals surface area (Å²) in [6.45, 7) is 1.49. The number of halogens is 2. The number of carbonyl (C=O) groups excluding carboxylic acids is 1. The molecule has 0 bridgehead atoms. The van der Waals surface area contributed by atoms with Crippen LogP contribution in [0.15, 0.2) is 28.7 Å². The number of ketones is 1. The summed E-state index contributed by atoms with van der Waals surface area (Å²) < 4.78 is 0.797. The van der Waals surface area contributed by atoms with Gasteiger partial charge in [-0.1, -0.05) is 37.9 Å². The molecule has 1 unspecified atom stereocenters. The SMILES string of the molecule is CC(=O)C(Br)c1cc(Br)cc(/C=C/C(=O)O)c1. The molecule has 0 aromatic heterocycles. The van der Waals surface area contributed by atoms with Crippen molar-refractivity contribution in [2.24, 2.45) is 0 Å². The maximum atomic E-state index is 11.3. The topological polar surface area (TPSA) is 54.4 Å². The molecule has 1 aromatic carbocycles. The highest BCUT2D eigenvalue weighted by Gasteiger charge is 2.13. The summed E-state index contributed by atoms with van der Waals surface area (Å²) in [6, 6.07) is 5.37. The summed E-state index contributed by atoms with van der Waals surface area (Å²) in [5.74, 6) is -1.01. The van der Waals surface area contributed by atoms with Crippen molar-refractivity contribution >= 4 is 49.7 Å². The van der Waals surface area contributed by atoms with Gasteiger partial charge in [-0.05, 0) is 36.3 Å². The van der Waals surface area contributed by atoms with Crippen molar-refractivity contribution in [1.29, 1.82) is 0 Å². The summed E-state index contributed by atoms with van der Waals surface area (Å²) in [7, 11) is 0. The first kappa shape index (κ1) is 14.1. The van der Waals surface area contributed by atoms with Crippen LogP contribution in [0.4, 0.5) is 0 Å². The van der Waals surface area contributed by atoms with Crippen LogP contribution in [0.3, 0.4) is 0 Å². The minimum atomic E-state index is -1.01. The summed E-state index contributed by atoms with van der Waals surface area (Å²) >= 11 is 6.61. The molecule has 0 radical (unpaired) electrons. The van der Waals surface area contributed by atoms with Crippen molar-refractivity contribution in [2.45, 2.75) is 11.8 Å². The molecule has 0 fully saturated rings. The molecule has 0 saturated heterocycles. The molecule has 5 heteroatoms. The minimum Gasteiger partial charge on any atom is -0.478 e. The zero-order chi connectivity index (χ0) is 13.0. The van der Waals surface area contributed by atoms with E-state index >= 15 is 0 Å². The van der Waals surface area contributed by atoms with Gasteiger partial charge in [0.15, 0.2) is 0 Å². The van der Waals surface area contributed by atoms with E-state index in [0.717, 1.165) is 21.7 Å². The Morgan fingerprint density at radius 3 is 2.53 bits per heavy atom. The quantitative estimate of drug-likeness (QED) is 0.658. The van der Waals surface area contributed by atoms with Gasteiger partial charge in [-0.2, -0.15) is 0 Å². The van der Waals surface area contributed by atoms with E-state index in [1.807, 2.05) is 6.07 Å². The second kappa shape index (κ2) is 6.12. The largest absolute Gasteiger partial charge is 0.478 e. The van der Waals surface area contributed by atoms with E-state index in [1.54, 1.807) is 12.1 Å². The van der Waals surface area contributed by atoms with Gasteiger partial charge in [0.05, 0.1) is 4.83 Å². The highest BCUT2D eigenvalue weighted by molar-refractivity contribution is 9.10. The molecule has 1 N–H and O–H groups in total. The number of hydrogen-bond donors (Lipinski definition) is 1. The van der Waals surface area contributed by atoms with Crippen LogP contribution in [0.1, 0.15) is 22.9 Å². The van der Waals surface area contributed by atoms with E-state index in [9.17, 15) is 9.59 Å². The number of carbonyl (C=O) groups is 2. The van der Waals surface area contributed by atoms with E-state index in [1.165, 1.54) is 13.0 Å². The fourth-order valence-corrected chi connectivity index (χ4v) is 2.07. The first-order valence-electron chi connectivity index (χ1n) is 4.76. The highest BCUT2D eigenvalue weighted by Crippen LogP contribution is 2.28. The van der Waals surface area contributed by atoms with Crippen LogP contribution in [0.5, 0.6) is 0 Å². The zero-order valence-corrected chi connectivity index (χ0v) is 12.2. The van der Waals surface area contributed by atoms with Crippen molar-refractivity contribution in [3.63, 3.8) is 0 Å². The molecular formula is C12H10Br2O3. The smallest absolute Gasteiger partial charge is 0.328 e. The van der Waals surface area contributed by atoms with E-state index in [0.29, 0.717) is 0 Å². The van der Waals surface area contributed by atoms with Gasteiger partial charge in [-0.3, -0.25) is 4.79 Å². The third-order valence-corrected chi connectivity index (χ3v) is 3.64. The van der Waals surface area contributed by atoms with Crippen LogP contribution in [0.2, 0.25) is 0 Å². The van der Waals surface area contributed by atoms with Crippen molar-refractivity contribution < 1.29 is 14.7 Å². The Bertz CT molecular complexity index is 481. The zero-order valence-electron chi connectivity index (χ0n) is 8.98. The van der Waals surface area contributed by atoms with Crippen molar-refractivity contribution in [1.82, 2.24) is 0 Å². The molecule has 1 rings (SSSR count). The maximum absolute atomic E-state index is 11.3. The van der Waals surface area contributed by atoms with Crippen molar-refractivity contribution in [3.05, 3.63) is 39.9 Å². The molecule has 0 aliphatic heterocycles. The molecule has 0 amide bonds. The Morgan fingerprint density at radius 2 is 2.00 bits per heavy atom. The van der Waals surface area contributed by atoms with Gasteiger partial charge in [-0.15, -0.1) is 0 Å². The first-order chi connectivity index (χ1) is 7.90. The fraction of sp³-hybridized carbons (Fsp3) is 0.167. The Kier molecular flexibility index (Phi) is 5.08. The second-order valence-corrected chi connectivity index (χ2v) is 5.29. The van der Waals surface area contributed by atoms with E-state index in [-0.39, 0.29) is 10.6 Å². The summed E-state index contributed by atoms with van der Waals surface area (Å²) in [4.78, 5) is 21.3. The minimum absolute atomic E-state index is 0.00346. The molecule has 0 saturated carbocycles. The second-order valence-electron chi connectivity index (χ2n) is 3.46. The van der Waals surface area contributed by atoms with Gasteiger partial charge >= 0.3 is 5.97 Å². The molecule has 0 aliphatic rings. The molecule has 17 heavy (non-hydrogen) atoms. The molecule has 0 spiro atoms.